The van der Waals surface area contributed by atoms with Crippen LogP contribution in [0.5, 0.6) is 5.88 Å². The van der Waals surface area contributed by atoms with Gasteiger partial charge in [-0.1, -0.05) is 30.3 Å². The zero-order valence-electron chi connectivity index (χ0n) is 16.6. The number of furan rings is 1. The normalized spacial score (nSPS) is 10.7. The molecule has 0 aliphatic rings. The predicted molar refractivity (Wildman–Crippen MR) is 110 cm³/mol. The number of ether oxygens (including phenoxy) is 2. The maximum atomic E-state index is 12.0. The Kier molecular flexibility index (Phi) is 6.92. The highest BCUT2D eigenvalue weighted by molar-refractivity contribution is 5.81. The number of nitrogens with one attached hydrogen (secondary N) is 1. The van der Waals surface area contributed by atoms with Crippen molar-refractivity contribution in [2.45, 2.75) is 13.5 Å². The van der Waals surface area contributed by atoms with Crippen molar-refractivity contribution in [1.82, 2.24) is 10.4 Å². The maximum absolute atomic E-state index is 12.0. The minimum absolute atomic E-state index is 0.0854. The van der Waals surface area contributed by atoms with Crippen LogP contribution in [0.1, 0.15) is 22.6 Å². The third kappa shape index (κ3) is 5.31. The van der Waals surface area contributed by atoms with E-state index >= 15 is 0 Å². The summed E-state index contributed by atoms with van der Waals surface area (Å²) < 4.78 is 16.2. The van der Waals surface area contributed by atoms with Crippen molar-refractivity contribution in [2.75, 3.05) is 13.7 Å². The molecule has 1 aromatic carbocycles. The van der Waals surface area contributed by atoms with Crippen LogP contribution in [0, 0.1) is 18.3 Å². The van der Waals surface area contributed by atoms with Gasteiger partial charge < -0.3 is 13.9 Å². The summed E-state index contributed by atoms with van der Waals surface area (Å²) in [5.41, 5.74) is 4.84. The number of benzene rings is 1. The fourth-order valence-corrected chi connectivity index (χ4v) is 2.72. The van der Waals surface area contributed by atoms with Gasteiger partial charge in [-0.05, 0) is 25.1 Å². The van der Waals surface area contributed by atoms with Gasteiger partial charge in [0.1, 0.15) is 23.2 Å². The van der Waals surface area contributed by atoms with Crippen LogP contribution < -0.4 is 10.2 Å². The van der Waals surface area contributed by atoms with E-state index < -0.39 is 5.91 Å². The van der Waals surface area contributed by atoms with Gasteiger partial charge >= 0.3 is 0 Å². The lowest BCUT2D eigenvalue weighted by Gasteiger charge is -2.10. The molecule has 0 aliphatic heterocycles. The molecule has 2 aromatic heterocycles. The Morgan fingerprint density at radius 1 is 1.30 bits per heavy atom. The fraction of sp³-hybridized carbons (Fsp3) is 0.182. The first-order valence-electron chi connectivity index (χ1n) is 9.10. The van der Waals surface area contributed by atoms with E-state index in [1.54, 1.807) is 19.1 Å². The molecule has 8 nitrogen and oxygen atoms in total. The van der Waals surface area contributed by atoms with Gasteiger partial charge in [0.25, 0.3) is 5.91 Å². The maximum Gasteiger partial charge on any atom is 0.278 e. The van der Waals surface area contributed by atoms with Gasteiger partial charge in [-0.2, -0.15) is 10.4 Å². The lowest BCUT2D eigenvalue weighted by atomic mass is 10.1. The zero-order valence-corrected chi connectivity index (χ0v) is 16.6. The van der Waals surface area contributed by atoms with E-state index in [4.69, 9.17) is 13.9 Å². The second-order valence-corrected chi connectivity index (χ2v) is 6.30. The number of hydrogen-bond donors (Lipinski definition) is 1. The minimum Gasteiger partial charge on any atom is -0.467 e. The lowest BCUT2D eigenvalue weighted by Crippen LogP contribution is -2.25. The molecule has 152 valence electrons. The van der Waals surface area contributed by atoms with Crippen molar-refractivity contribution in [3.05, 3.63) is 71.1 Å². The molecular formula is C22H20N4O4. The molecule has 0 aliphatic carbocycles. The van der Waals surface area contributed by atoms with Crippen molar-refractivity contribution in [2.24, 2.45) is 5.10 Å². The van der Waals surface area contributed by atoms with E-state index in [0.29, 0.717) is 22.8 Å². The smallest absolute Gasteiger partial charge is 0.278 e. The number of aryl methyl sites for hydroxylation is 1. The van der Waals surface area contributed by atoms with Gasteiger partial charge in [0, 0.05) is 23.9 Å². The Balaban J connectivity index is 1.57. The van der Waals surface area contributed by atoms with Gasteiger partial charge in [0.15, 0.2) is 6.61 Å². The number of pyridine rings is 1. The molecule has 3 rings (SSSR count). The summed E-state index contributed by atoms with van der Waals surface area (Å²) in [5.74, 6) is 0.781. The SMILES string of the molecule is COCc1cc(C)nc(OCC(=O)N/N=C\c2ccc(-c3ccccc3)o2)c1C#N. The quantitative estimate of drug-likeness (QED) is 0.456. The molecule has 0 saturated carbocycles. The summed E-state index contributed by atoms with van der Waals surface area (Å²) >= 11 is 0. The van der Waals surface area contributed by atoms with Crippen molar-refractivity contribution < 1.29 is 18.7 Å². The molecule has 8 heteroatoms. The van der Waals surface area contributed by atoms with E-state index in [1.165, 1.54) is 13.3 Å². The van der Waals surface area contributed by atoms with Crippen LogP contribution in [0.3, 0.4) is 0 Å². The van der Waals surface area contributed by atoms with E-state index in [2.05, 4.69) is 15.5 Å². The van der Waals surface area contributed by atoms with Crippen molar-refractivity contribution in [3.8, 4) is 23.3 Å². The molecule has 1 N–H and O–H groups in total. The van der Waals surface area contributed by atoms with E-state index in [-0.39, 0.29) is 24.7 Å². The highest BCUT2D eigenvalue weighted by atomic mass is 16.5. The third-order valence-electron chi connectivity index (χ3n) is 4.01. The summed E-state index contributed by atoms with van der Waals surface area (Å²) in [6.45, 7) is 1.67. The first-order chi connectivity index (χ1) is 14.6. The topological polar surface area (TPSA) is 110 Å². The molecule has 0 atom stereocenters. The zero-order chi connectivity index (χ0) is 21.3. The van der Waals surface area contributed by atoms with Crippen molar-refractivity contribution in [1.29, 1.82) is 5.26 Å². The average molecular weight is 404 g/mol. The molecule has 0 radical (unpaired) electrons. The molecule has 0 saturated heterocycles. The number of hydrazone groups is 1. The van der Waals surface area contributed by atoms with Gasteiger partial charge in [-0.3, -0.25) is 4.79 Å². The second kappa shape index (κ2) is 10.0. The van der Waals surface area contributed by atoms with Gasteiger partial charge in [0.05, 0.1) is 12.8 Å². The lowest BCUT2D eigenvalue weighted by molar-refractivity contribution is -0.123. The summed E-state index contributed by atoms with van der Waals surface area (Å²) in [6.07, 6.45) is 1.40. The Morgan fingerprint density at radius 2 is 2.10 bits per heavy atom. The molecule has 1 amide bonds. The van der Waals surface area contributed by atoms with Crippen LogP contribution in [0.2, 0.25) is 0 Å². The number of rotatable bonds is 8. The number of nitriles is 1. The Bertz CT molecular complexity index is 1080. The summed E-state index contributed by atoms with van der Waals surface area (Å²) in [6, 6.07) is 17.0. The monoisotopic (exact) mass is 404 g/mol. The number of carbonyl (C=O) groups is 1. The average Bonchev–Trinajstić information content (AvgIpc) is 3.22. The summed E-state index contributed by atoms with van der Waals surface area (Å²) in [7, 11) is 1.53. The second-order valence-electron chi connectivity index (χ2n) is 6.30. The first-order valence-corrected chi connectivity index (χ1v) is 9.10. The van der Waals surface area contributed by atoms with Crippen molar-refractivity contribution in [3.63, 3.8) is 0 Å². The highest BCUT2D eigenvalue weighted by Crippen LogP contribution is 2.22. The molecule has 0 bridgehead atoms. The van der Waals surface area contributed by atoms with E-state index in [0.717, 1.165) is 5.56 Å². The molecule has 0 fully saturated rings. The van der Waals surface area contributed by atoms with Crippen LogP contribution in [0.4, 0.5) is 0 Å². The number of amides is 1. The predicted octanol–water partition coefficient (Wildman–Crippen LogP) is 3.20. The molecule has 30 heavy (non-hydrogen) atoms. The molecule has 0 unspecified atom stereocenters. The van der Waals surface area contributed by atoms with Gasteiger partial charge in [-0.15, -0.1) is 0 Å². The first kappa shape index (κ1) is 20.8. The molecule has 0 spiro atoms. The van der Waals surface area contributed by atoms with E-state index in [9.17, 15) is 10.1 Å². The van der Waals surface area contributed by atoms with Crippen LogP contribution >= 0.6 is 0 Å². The number of methoxy groups -OCH3 is 1. The highest BCUT2D eigenvalue weighted by Gasteiger charge is 2.14. The number of nitrogens with zero attached hydrogens (tertiary/aromatic N) is 3. The minimum atomic E-state index is -0.499. The number of aromatic nitrogens is 1. The van der Waals surface area contributed by atoms with Crippen molar-refractivity contribution >= 4 is 12.1 Å². The van der Waals surface area contributed by atoms with Crippen LogP contribution in [-0.4, -0.2) is 30.8 Å². The molecule has 3 aromatic rings. The Morgan fingerprint density at radius 3 is 2.83 bits per heavy atom. The third-order valence-corrected chi connectivity index (χ3v) is 4.01. The fourth-order valence-electron chi connectivity index (χ4n) is 2.72. The van der Waals surface area contributed by atoms with Crippen LogP contribution in [0.25, 0.3) is 11.3 Å². The largest absolute Gasteiger partial charge is 0.467 e. The van der Waals surface area contributed by atoms with Crippen LogP contribution in [0.15, 0.2) is 58.0 Å². The van der Waals surface area contributed by atoms with Gasteiger partial charge in [0.2, 0.25) is 5.88 Å². The van der Waals surface area contributed by atoms with E-state index in [1.807, 2.05) is 42.5 Å². The van der Waals surface area contributed by atoms with Crippen LogP contribution in [-0.2, 0) is 16.1 Å². The number of carbonyl (C=O) groups excluding carboxylic acids is 1. The Hall–Kier alpha value is -3.96. The number of hydrogen-bond acceptors (Lipinski definition) is 7. The molecular weight excluding hydrogens is 384 g/mol. The van der Waals surface area contributed by atoms with Gasteiger partial charge in [-0.25, -0.2) is 10.4 Å². The Labute approximate surface area is 173 Å². The summed E-state index contributed by atoms with van der Waals surface area (Å²) in [5, 5.41) is 13.2. The summed E-state index contributed by atoms with van der Waals surface area (Å²) in [4.78, 5) is 16.2. The standard InChI is InChI=1S/C22H20N4O4/c1-15-10-17(13-28-2)19(11-23)22(25-15)29-14-21(27)26-24-12-18-8-9-20(30-18)16-6-4-3-5-7-16/h3-10,12H,13-14H2,1-2H3,(H,26,27)/b24-12-. The molecule has 2 heterocycles.